The molecule has 1 aliphatic rings. The second kappa shape index (κ2) is 7.51. The van der Waals surface area contributed by atoms with Gasteiger partial charge in [-0.15, -0.1) is 11.6 Å². The Morgan fingerprint density at radius 2 is 1.60 bits per heavy atom. The zero-order valence-corrected chi connectivity index (χ0v) is 11.1. The molecule has 0 N–H and O–H groups in total. The van der Waals surface area contributed by atoms with E-state index < -0.39 is 0 Å². The van der Waals surface area contributed by atoms with Crippen LogP contribution in [0.15, 0.2) is 0 Å². The molecule has 1 nitrogen and oxygen atoms in total. The lowest BCUT2D eigenvalue weighted by atomic mass is 9.97. The standard InChI is InChI=1S/C13H26ClN/c1-12-8-7-9-13(2)15(12)11-6-4-3-5-10-14/h12-13H,3-11H2,1-2H3. The van der Waals surface area contributed by atoms with Gasteiger partial charge < -0.3 is 0 Å². The van der Waals surface area contributed by atoms with E-state index >= 15 is 0 Å². The Morgan fingerprint density at radius 1 is 1.00 bits per heavy atom. The molecule has 2 atom stereocenters. The van der Waals surface area contributed by atoms with Gasteiger partial charge in [0, 0.05) is 18.0 Å². The first kappa shape index (κ1) is 13.3. The van der Waals surface area contributed by atoms with Crippen LogP contribution in [0.3, 0.4) is 0 Å². The summed E-state index contributed by atoms with van der Waals surface area (Å²) >= 11 is 5.67. The third kappa shape index (κ3) is 4.74. The number of hydrogen-bond acceptors (Lipinski definition) is 1. The van der Waals surface area contributed by atoms with E-state index in [1.165, 1.54) is 51.5 Å². The molecule has 2 heteroatoms. The summed E-state index contributed by atoms with van der Waals surface area (Å²) in [6, 6.07) is 1.61. The molecule has 1 heterocycles. The van der Waals surface area contributed by atoms with Crippen molar-refractivity contribution in [2.75, 3.05) is 12.4 Å². The molecular formula is C13H26ClN. The number of alkyl halides is 1. The molecule has 1 aliphatic heterocycles. The van der Waals surface area contributed by atoms with Gasteiger partial charge in [-0.3, -0.25) is 4.90 Å². The third-order valence-corrected chi connectivity index (χ3v) is 3.94. The van der Waals surface area contributed by atoms with Crippen LogP contribution in [0.4, 0.5) is 0 Å². The normalized spacial score (nSPS) is 28.2. The van der Waals surface area contributed by atoms with Gasteiger partial charge in [-0.1, -0.05) is 19.3 Å². The van der Waals surface area contributed by atoms with Crippen molar-refractivity contribution in [2.45, 2.75) is 70.9 Å². The molecule has 0 bridgehead atoms. The number of nitrogens with zero attached hydrogens (tertiary/aromatic N) is 1. The highest BCUT2D eigenvalue weighted by atomic mass is 35.5. The van der Waals surface area contributed by atoms with E-state index in [4.69, 9.17) is 11.6 Å². The summed E-state index contributed by atoms with van der Waals surface area (Å²) in [6.45, 7) is 6.06. The van der Waals surface area contributed by atoms with Gasteiger partial charge in [0.1, 0.15) is 0 Å². The fraction of sp³-hybridized carbons (Fsp3) is 1.00. The van der Waals surface area contributed by atoms with Crippen molar-refractivity contribution in [1.29, 1.82) is 0 Å². The Balaban J connectivity index is 2.12. The largest absolute Gasteiger partial charge is 0.298 e. The minimum absolute atomic E-state index is 0.807. The van der Waals surface area contributed by atoms with Crippen molar-refractivity contribution in [3.05, 3.63) is 0 Å². The Morgan fingerprint density at radius 3 is 2.20 bits per heavy atom. The number of unbranched alkanes of at least 4 members (excludes halogenated alkanes) is 3. The van der Waals surface area contributed by atoms with Crippen molar-refractivity contribution in [3.8, 4) is 0 Å². The molecule has 2 unspecified atom stereocenters. The van der Waals surface area contributed by atoms with E-state index in [2.05, 4.69) is 18.7 Å². The molecule has 15 heavy (non-hydrogen) atoms. The summed E-state index contributed by atoms with van der Waals surface area (Å²) in [4.78, 5) is 2.70. The van der Waals surface area contributed by atoms with Crippen LogP contribution in [0.5, 0.6) is 0 Å². The van der Waals surface area contributed by atoms with E-state index in [0.717, 1.165) is 18.0 Å². The number of piperidine rings is 1. The van der Waals surface area contributed by atoms with Crippen LogP contribution in [0.2, 0.25) is 0 Å². The maximum absolute atomic E-state index is 5.67. The highest BCUT2D eigenvalue weighted by Crippen LogP contribution is 2.22. The Hall–Kier alpha value is 0.250. The SMILES string of the molecule is CC1CCCC(C)N1CCCCCCCl. The lowest BCUT2D eigenvalue weighted by molar-refractivity contribution is 0.101. The fourth-order valence-electron chi connectivity index (χ4n) is 2.66. The van der Waals surface area contributed by atoms with Gasteiger partial charge in [-0.25, -0.2) is 0 Å². The predicted molar refractivity (Wildman–Crippen MR) is 68.7 cm³/mol. The number of halogens is 1. The second-order valence-electron chi connectivity index (χ2n) is 4.97. The van der Waals surface area contributed by atoms with E-state index in [0.29, 0.717) is 0 Å². The minimum atomic E-state index is 0.807. The van der Waals surface area contributed by atoms with Gasteiger partial charge in [-0.2, -0.15) is 0 Å². The lowest BCUT2D eigenvalue weighted by Gasteiger charge is -2.39. The monoisotopic (exact) mass is 231 g/mol. The quantitative estimate of drug-likeness (QED) is 0.493. The zero-order chi connectivity index (χ0) is 11.1. The Kier molecular flexibility index (Phi) is 6.67. The zero-order valence-electron chi connectivity index (χ0n) is 10.3. The van der Waals surface area contributed by atoms with E-state index in [-0.39, 0.29) is 0 Å². The Labute approximate surface area is 100 Å². The molecule has 0 radical (unpaired) electrons. The summed E-state index contributed by atoms with van der Waals surface area (Å²) < 4.78 is 0. The van der Waals surface area contributed by atoms with Gasteiger partial charge in [0.05, 0.1) is 0 Å². The average molecular weight is 232 g/mol. The molecule has 0 spiro atoms. The molecule has 0 aliphatic carbocycles. The lowest BCUT2D eigenvalue weighted by Crippen LogP contribution is -2.44. The van der Waals surface area contributed by atoms with Crippen molar-refractivity contribution in [2.24, 2.45) is 0 Å². The second-order valence-corrected chi connectivity index (χ2v) is 5.35. The number of rotatable bonds is 6. The van der Waals surface area contributed by atoms with Gasteiger partial charge in [0.25, 0.3) is 0 Å². The number of hydrogen-bond donors (Lipinski definition) is 0. The molecule has 90 valence electrons. The Bertz CT molecular complexity index is 151. The first-order valence-electron chi connectivity index (χ1n) is 6.57. The highest BCUT2D eigenvalue weighted by Gasteiger charge is 2.23. The topological polar surface area (TPSA) is 3.24 Å². The average Bonchev–Trinajstić information content (AvgIpc) is 2.21. The molecular weight excluding hydrogens is 206 g/mol. The van der Waals surface area contributed by atoms with Crippen molar-refractivity contribution in [3.63, 3.8) is 0 Å². The summed E-state index contributed by atoms with van der Waals surface area (Å²) in [6.07, 6.45) is 9.41. The van der Waals surface area contributed by atoms with E-state index in [1.54, 1.807) is 0 Å². The maximum Gasteiger partial charge on any atom is 0.0223 e. The maximum atomic E-state index is 5.67. The fourth-order valence-corrected chi connectivity index (χ4v) is 2.85. The number of likely N-dealkylation sites (tertiary alicyclic amines) is 1. The summed E-state index contributed by atoms with van der Waals surface area (Å²) in [5, 5.41) is 0. The van der Waals surface area contributed by atoms with Crippen LogP contribution in [-0.2, 0) is 0 Å². The van der Waals surface area contributed by atoms with Crippen LogP contribution in [0.1, 0.15) is 58.8 Å². The van der Waals surface area contributed by atoms with Gasteiger partial charge >= 0.3 is 0 Å². The molecule has 1 fully saturated rings. The summed E-state index contributed by atoms with van der Waals surface area (Å²) in [5.41, 5.74) is 0. The van der Waals surface area contributed by atoms with Crippen LogP contribution in [0, 0.1) is 0 Å². The van der Waals surface area contributed by atoms with Crippen molar-refractivity contribution < 1.29 is 0 Å². The molecule has 1 rings (SSSR count). The molecule has 0 amide bonds. The summed E-state index contributed by atoms with van der Waals surface area (Å²) in [5.74, 6) is 0.830. The summed E-state index contributed by atoms with van der Waals surface area (Å²) in [7, 11) is 0. The smallest absolute Gasteiger partial charge is 0.0223 e. The van der Waals surface area contributed by atoms with Crippen molar-refractivity contribution >= 4 is 11.6 Å². The van der Waals surface area contributed by atoms with Crippen LogP contribution < -0.4 is 0 Å². The molecule has 0 aromatic rings. The third-order valence-electron chi connectivity index (χ3n) is 3.68. The van der Waals surface area contributed by atoms with Gasteiger partial charge in [-0.05, 0) is 46.1 Å². The molecule has 0 aromatic heterocycles. The van der Waals surface area contributed by atoms with Crippen molar-refractivity contribution in [1.82, 2.24) is 4.90 Å². The minimum Gasteiger partial charge on any atom is -0.298 e. The molecule has 0 saturated carbocycles. The van der Waals surface area contributed by atoms with Crippen LogP contribution >= 0.6 is 11.6 Å². The predicted octanol–water partition coefficient (Wildman–Crippen LogP) is 4.05. The highest BCUT2D eigenvalue weighted by molar-refractivity contribution is 6.17. The van der Waals surface area contributed by atoms with Gasteiger partial charge in [0.2, 0.25) is 0 Å². The molecule has 1 saturated heterocycles. The first-order chi connectivity index (χ1) is 7.25. The van der Waals surface area contributed by atoms with Gasteiger partial charge in [0.15, 0.2) is 0 Å². The van der Waals surface area contributed by atoms with Crippen LogP contribution in [0.25, 0.3) is 0 Å². The van der Waals surface area contributed by atoms with Crippen LogP contribution in [-0.4, -0.2) is 29.4 Å². The van der Waals surface area contributed by atoms with E-state index in [9.17, 15) is 0 Å². The van der Waals surface area contributed by atoms with E-state index in [1.807, 2.05) is 0 Å². The molecule has 0 aromatic carbocycles. The first-order valence-corrected chi connectivity index (χ1v) is 7.11.